The van der Waals surface area contributed by atoms with Gasteiger partial charge in [-0.25, -0.2) is 13.1 Å². The van der Waals surface area contributed by atoms with Crippen LogP contribution in [-0.4, -0.2) is 37.4 Å². The van der Waals surface area contributed by atoms with Crippen LogP contribution in [0.4, 0.5) is 0 Å². The van der Waals surface area contributed by atoms with Crippen molar-refractivity contribution in [1.82, 2.24) is 4.72 Å². The predicted molar refractivity (Wildman–Crippen MR) is 70.0 cm³/mol. The minimum atomic E-state index is -3.81. The number of sulfonamides is 1. The molecule has 0 saturated heterocycles. The van der Waals surface area contributed by atoms with Crippen LogP contribution in [-0.2, 0) is 10.0 Å². The Morgan fingerprint density at radius 1 is 1.42 bits per heavy atom. The van der Waals surface area contributed by atoms with Gasteiger partial charge in [-0.1, -0.05) is 20.8 Å². The lowest BCUT2D eigenvalue weighted by molar-refractivity contribution is 0.0420. The van der Waals surface area contributed by atoms with Gasteiger partial charge in [-0.2, -0.15) is 0 Å². The fourth-order valence-corrected chi connectivity index (χ4v) is 2.64. The van der Waals surface area contributed by atoms with Gasteiger partial charge in [0.25, 0.3) is 10.0 Å². The number of hydrogen-bond acceptors (Lipinski definition) is 5. The molecule has 0 aliphatic rings. The monoisotopic (exact) mass is 291 g/mol. The van der Waals surface area contributed by atoms with Gasteiger partial charge in [0.1, 0.15) is 0 Å². The van der Waals surface area contributed by atoms with Crippen LogP contribution in [0.25, 0.3) is 0 Å². The summed E-state index contributed by atoms with van der Waals surface area (Å²) in [5.41, 5.74) is -0.385. The predicted octanol–water partition coefficient (Wildman–Crippen LogP) is 0.716. The van der Waals surface area contributed by atoms with Crippen molar-refractivity contribution in [2.24, 2.45) is 5.41 Å². The number of hydrogen-bond donors (Lipinski definition) is 3. The van der Waals surface area contributed by atoms with E-state index in [4.69, 9.17) is 4.42 Å². The molecule has 0 spiro atoms. The fourth-order valence-electron chi connectivity index (χ4n) is 1.48. The molecule has 1 aromatic heterocycles. The molecule has 0 bridgehead atoms. The van der Waals surface area contributed by atoms with E-state index in [9.17, 15) is 18.6 Å². The second-order valence-corrected chi connectivity index (χ2v) is 7.20. The molecule has 0 aromatic carbocycles. The zero-order valence-electron chi connectivity index (χ0n) is 11.3. The second-order valence-electron chi connectivity index (χ2n) is 5.55. The molecule has 0 radical (unpaired) electrons. The molecule has 0 saturated carbocycles. The zero-order valence-corrected chi connectivity index (χ0v) is 12.1. The van der Waals surface area contributed by atoms with Crippen molar-refractivity contribution in [3.05, 3.63) is 18.4 Å². The van der Waals surface area contributed by atoms with Crippen molar-refractivity contribution >= 4 is 10.0 Å². The Bertz CT molecular complexity index is 475. The van der Waals surface area contributed by atoms with Crippen LogP contribution in [0, 0.1) is 5.41 Å². The molecule has 1 aromatic rings. The SMILES string of the molecule is CC(C)(C)[C@H](O)C[C@@H](CO)NS(=O)(=O)c1ccco1. The number of rotatable bonds is 6. The van der Waals surface area contributed by atoms with Crippen LogP contribution >= 0.6 is 0 Å². The molecule has 0 unspecified atom stereocenters. The Morgan fingerprint density at radius 3 is 2.47 bits per heavy atom. The molecule has 1 heterocycles. The largest absolute Gasteiger partial charge is 0.452 e. The Labute approximate surface area is 113 Å². The molecule has 0 aliphatic heterocycles. The molecule has 2 atom stereocenters. The summed E-state index contributed by atoms with van der Waals surface area (Å²) in [5, 5.41) is 19.0. The summed E-state index contributed by atoms with van der Waals surface area (Å²) >= 11 is 0. The highest BCUT2D eigenvalue weighted by Crippen LogP contribution is 2.23. The van der Waals surface area contributed by atoms with E-state index >= 15 is 0 Å². The van der Waals surface area contributed by atoms with E-state index < -0.39 is 28.8 Å². The Kier molecular flexibility index (Phi) is 5.14. The van der Waals surface area contributed by atoms with E-state index in [1.165, 1.54) is 18.4 Å². The molecule has 0 aliphatic carbocycles. The summed E-state index contributed by atoms with van der Waals surface area (Å²) in [6.45, 7) is 5.13. The first kappa shape index (κ1) is 16.2. The molecule has 19 heavy (non-hydrogen) atoms. The van der Waals surface area contributed by atoms with Crippen molar-refractivity contribution in [3.63, 3.8) is 0 Å². The smallest absolute Gasteiger partial charge is 0.274 e. The number of nitrogens with one attached hydrogen (secondary N) is 1. The lowest BCUT2D eigenvalue weighted by atomic mass is 9.86. The van der Waals surface area contributed by atoms with E-state index in [-0.39, 0.29) is 16.9 Å². The maximum Gasteiger partial charge on any atom is 0.274 e. The lowest BCUT2D eigenvalue weighted by Crippen LogP contribution is -2.42. The van der Waals surface area contributed by atoms with E-state index in [1.807, 2.05) is 20.8 Å². The van der Waals surface area contributed by atoms with Crippen LogP contribution in [0.1, 0.15) is 27.2 Å². The maximum atomic E-state index is 11.9. The Morgan fingerprint density at radius 2 is 2.05 bits per heavy atom. The summed E-state index contributed by atoms with van der Waals surface area (Å²) in [6.07, 6.45) is 0.649. The van der Waals surface area contributed by atoms with Crippen molar-refractivity contribution in [2.75, 3.05) is 6.61 Å². The third-order valence-corrected chi connectivity index (χ3v) is 4.22. The standard InChI is InChI=1S/C12H21NO5S/c1-12(2,3)10(15)7-9(8-14)13-19(16,17)11-5-4-6-18-11/h4-6,9-10,13-15H,7-8H2,1-3H3/t9-,10+/m0/s1. The van der Waals surface area contributed by atoms with E-state index in [0.717, 1.165) is 0 Å². The number of aliphatic hydroxyl groups is 2. The molecule has 110 valence electrons. The summed E-state index contributed by atoms with van der Waals surface area (Å²) in [7, 11) is -3.81. The van der Waals surface area contributed by atoms with Gasteiger partial charge in [0.05, 0.1) is 19.0 Å². The van der Waals surface area contributed by atoms with Gasteiger partial charge in [-0.15, -0.1) is 0 Å². The highest BCUT2D eigenvalue weighted by molar-refractivity contribution is 7.89. The zero-order chi connectivity index (χ0) is 14.7. The molecule has 1 rings (SSSR count). The number of aliphatic hydroxyl groups excluding tert-OH is 2. The fraction of sp³-hybridized carbons (Fsp3) is 0.667. The third kappa shape index (κ3) is 4.61. The van der Waals surface area contributed by atoms with E-state index in [0.29, 0.717) is 0 Å². The summed E-state index contributed by atoms with van der Waals surface area (Å²) in [4.78, 5) is 0. The number of furan rings is 1. The van der Waals surface area contributed by atoms with Gasteiger partial charge in [-0.3, -0.25) is 0 Å². The van der Waals surface area contributed by atoms with Crippen LogP contribution < -0.4 is 4.72 Å². The lowest BCUT2D eigenvalue weighted by Gasteiger charge is -2.28. The summed E-state index contributed by atoms with van der Waals surface area (Å²) in [5.74, 6) is 0. The molecule has 6 nitrogen and oxygen atoms in total. The van der Waals surface area contributed by atoms with Gasteiger partial charge >= 0.3 is 0 Å². The quantitative estimate of drug-likeness (QED) is 0.717. The van der Waals surface area contributed by atoms with Crippen LogP contribution in [0.2, 0.25) is 0 Å². The highest BCUT2D eigenvalue weighted by Gasteiger charge is 2.28. The third-order valence-electron chi connectivity index (χ3n) is 2.81. The molecule has 0 amide bonds. The maximum absolute atomic E-state index is 11.9. The molecule has 0 fully saturated rings. The van der Waals surface area contributed by atoms with E-state index in [1.54, 1.807) is 0 Å². The first-order valence-electron chi connectivity index (χ1n) is 6.01. The molecular formula is C12H21NO5S. The first-order valence-corrected chi connectivity index (χ1v) is 7.50. The van der Waals surface area contributed by atoms with Crippen molar-refractivity contribution in [2.45, 2.75) is 44.4 Å². The van der Waals surface area contributed by atoms with Gasteiger partial charge in [-0.05, 0) is 24.0 Å². The summed E-state index contributed by atoms with van der Waals surface area (Å²) < 4.78 is 30.9. The van der Waals surface area contributed by atoms with Crippen molar-refractivity contribution in [3.8, 4) is 0 Å². The minimum absolute atomic E-state index is 0.125. The van der Waals surface area contributed by atoms with E-state index in [2.05, 4.69) is 4.72 Å². The average molecular weight is 291 g/mol. The summed E-state index contributed by atoms with van der Waals surface area (Å²) in [6, 6.07) is 2.02. The molecular weight excluding hydrogens is 270 g/mol. The second kappa shape index (κ2) is 6.04. The molecule has 3 N–H and O–H groups in total. The molecule has 7 heteroatoms. The minimum Gasteiger partial charge on any atom is -0.452 e. The Hall–Kier alpha value is -0.890. The normalized spacial score (nSPS) is 16.3. The van der Waals surface area contributed by atoms with Crippen LogP contribution in [0.3, 0.4) is 0 Å². The highest BCUT2D eigenvalue weighted by atomic mass is 32.2. The topological polar surface area (TPSA) is 99.8 Å². The Balaban J connectivity index is 2.73. The van der Waals surface area contributed by atoms with Gasteiger partial charge in [0, 0.05) is 6.04 Å². The van der Waals surface area contributed by atoms with Crippen LogP contribution in [0.15, 0.2) is 27.9 Å². The van der Waals surface area contributed by atoms with Crippen molar-refractivity contribution < 1.29 is 23.0 Å². The average Bonchev–Trinajstić information content (AvgIpc) is 2.80. The van der Waals surface area contributed by atoms with Crippen LogP contribution in [0.5, 0.6) is 0 Å². The van der Waals surface area contributed by atoms with Gasteiger partial charge in [0.15, 0.2) is 0 Å². The van der Waals surface area contributed by atoms with Gasteiger partial charge in [0.2, 0.25) is 5.09 Å². The van der Waals surface area contributed by atoms with Gasteiger partial charge < -0.3 is 14.6 Å². The van der Waals surface area contributed by atoms with Crippen molar-refractivity contribution in [1.29, 1.82) is 0 Å². The first-order chi connectivity index (χ1) is 8.66.